The molecule has 18 heavy (non-hydrogen) atoms. The number of esters is 1. The number of carboxylic acids is 1. The van der Waals surface area contributed by atoms with Crippen molar-refractivity contribution in [2.75, 3.05) is 0 Å². The zero-order valence-corrected chi connectivity index (χ0v) is 13.0. The Balaban J connectivity index is 3.17. The van der Waals surface area contributed by atoms with Gasteiger partial charge in [0.15, 0.2) is 5.41 Å². The van der Waals surface area contributed by atoms with Crippen LogP contribution in [0.15, 0.2) is 15.9 Å². The average Bonchev–Trinajstić information content (AvgIpc) is 2.60. The van der Waals surface area contributed by atoms with Crippen molar-refractivity contribution in [1.82, 2.24) is 0 Å². The fourth-order valence-electron chi connectivity index (χ4n) is 1.26. The summed E-state index contributed by atoms with van der Waals surface area (Å²) in [7, 11) is 0. The van der Waals surface area contributed by atoms with E-state index in [9.17, 15) is 14.7 Å². The number of halogens is 1. The van der Waals surface area contributed by atoms with Crippen molar-refractivity contribution >= 4 is 39.2 Å². The molecule has 1 aromatic heterocycles. The van der Waals surface area contributed by atoms with Crippen molar-refractivity contribution in [3.05, 3.63) is 20.8 Å². The highest BCUT2D eigenvalue weighted by molar-refractivity contribution is 9.11. The molecule has 0 saturated carbocycles. The summed E-state index contributed by atoms with van der Waals surface area (Å²) in [4.78, 5) is 24.0. The predicted octanol–water partition coefficient (Wildman–Crippen LogP) is 3.19. The number of aliphatic carboxylic acids is 1. The molecule has 0 aliphatic heterocycles. The van der Waals surface area contributed by atoms with E-state index in [-0.39, 0.29) is 0 Å². The van der Waals surface area contributed by atoms with Gasteiger partial charge in [0, 0.05) is 4.88 Å². The van der Waals surface area contributed by atoms with E-state index in [1.165, 1.54) is 18.3 Å². The van der Waals surface area contributed by atoms with E-state index < -0.39 is 23.0 Å². The normalized spacial score (nSPS) is 14.9. The number of carbonyl (C=O) groups excluding carboxylic acids is 1. The van der Waals surface area contributed by atoms with Crippen LogP contribution in [-0.2, 0) is 19.7 Å². The van der Waals surface area contributed by atoms with Gasteiger partial charge in [-0.25, -0.2) is 0 Å². The van der Waals surface area contributed by atoms with E-state index in [4.69, 9.17) is 4.74 Å². The van der Waals surface area contributed by atoms with Crippen molar-refractivity contribution < 1.29 is 19.4 Å². The number of ether oxygens (including phenoxy) is 1. The molecule has 1 heterocycles. The van der Waals surface area contributed by atoms with Gasteiger partial charge in [0.2, 0.25) is 0 Å². The van der Waals surface area contributed by atoms with Gasteiger partial charge >= 0.3 is 11.9 Å². The second kappa shape index (κ2) is 5.01. The molecule has 0 aliphatic rings. The Morgan fingerprint density at radius 3 is 2.17 bits per heavy atom. The number of carbonyl (C=O) groups is 2. The van der Waals surface area contributed by atoms with Crippen LogP contribution in [0.2, 0.25) is 0 Å². The van der Waals surface area contributed by atoms with Crippen LogP contribution in [-0.4, -0.2) is 22.6 Å². The summed E-state index contributed by atoms with van der Waals surface area (Å²) in [5, 5.41) is 9.35. The highest BCUT2D eigenvalue weighted by Gasteiger charge is 2.47. The molecule has 0 bridgehead atoms. The van der Waals surface area contributed by atoms with Crippen LogP contribution in [0.25, 0.3) is 0 Å². The SMILES string of the molecule is CC(C)(C)OC(=O)[C@](C)(C(=O)O)c1ccc(Br)s1. The van der Waals surface area contributed by atoms with Crippen LogP contribution in [0.1, 0.15) is 32.6 Å². The van der Waals surface area contributed by atoms with Crippen LogP contribution in [0.3, 0.4) is 0 Å². The maximum Gasteiger partial charge on any atom is 0.329 e. The molecule has 0 radical (unpaired) electrons. The minimum absolute atomic E-state index is 0.441. The number of rotatable bonds is 3. The molecule has 1 rings (SSSR count). The van der Waals surface area contributed by atoms with E-state index in [1.807, 2.05) is 0 Å². The van der Waals surface area contributed by atoms with Gasteiger partial charge in [-0.3, -0.25) is 9.59 Å². The van der Waals surface area contributed by atoms with Crippen LogP contribution in [0.5, 0.6) is 0 Å². The topological polar surface area (TPSA) is 63.6 Å². The molecule has 100 valence electrons. The Bertz CT molecular complexity index is 475. The smallest absolute Gasteiger partial charge is 0.329 e. The third kappa shape index (κ3) is 3.11. The van der Waals surface area contributed by atoms with Crippen molar-refractivity contribution in [2.24, 2.45) is 0 Å². The summed E-state index contributed by atoms with van der Waals surface area (Å²) in [5.41, 5.74) is -2.40. The Kier molecular flexibility index (Phi) is 4.23. The van der Waals surface area contributed by atoms with Crippen molar-refractivity contribution in [2.45, 2.75) is 38.7 Å². The number of thiophene rings is 1. The second-order valence-corrected chi connectivity index (χ2v) is 7.50. The Labute approximate surface area is 118 Å². The fraction of sp³-hybridized carbons (Fsp3) is 0.500. The minimum Gasteiger partial charge on any atom is -0.480 e. The molecule has 4 nitrogen and oxygen atoms in total. The van der Waals surface area contributed by atoms with Gasteiger partial charge in [-0.2, -0.15) is 0 Å². The van der Waals surface area contributed by atoms with Gasteiger partial charge in [-0.1, -0.05) is 0 Å². The molecule has 1 N–H and O–H groups in total. The summed E-state index contributed by atoms with van der Waals surface area (Å²) >= 11 is 4.47. The molecule has 0 unspecified atom stereocenters. The number of carboxylic acid groups (broad SMARTS) is 1. The third-order valence-corrected chi connectivity index (χ3v) is 4.15. The van der Waals surface area contributed by atoms with Crippen LogP contribution in [0, 0.1) is 0 Å². The lowest BCUT2D eigenvalue weighted by molar-refractivity contribution is -0.168. The van der Waals surface area contributed by atoms with E-state index in [0.29, 0.717) is 4.88 Å². The van der Waals surface area contributed by atoms with Crippen LogP contribution in [0.4, 0.5) is 0 Å². The Morgan fingerprint density at radius 1 is 1.28 bits per heavy atom. The first-order valence-electron chi connectivity index (χ1n) is 5.30. The molecule has 6 heteroatoms. The highest BCUT2D eigenvalue weighted by Crippen LogP contribution is 2.35. The molecule has 0 fully saturated rings. The lowest BCUT2D eigenvalue weighted by Gasteiger charge is -2.27. The molecule has 0 amide bonds. The second-order valence-electron chi connectivity index (χ2n) is 5.04. The largest absolute Gasteiger partial charge is 0.480 e. The zero-order chi connectivity index (χ0) is 14.1. The lowest BCUT2D eigenvalue weighted by atomic mass is 9.89. The van der Waals surface area contributed by atoms with E-state index in [1.54, 1.807) is 32.9 Å². The maximum absolute atomic E-state index is 12.1. The highest BCUT2D eigenvalue weighted by atomic mass is 79.9. The van der Waals surface area contributed by atoms with Gasteiger partial charge in [0.05, 0.1) is 3.79 Å². The Morgan fingerprint density at radius 2 is 1.83 bits per heavy atom. The van der Waals surface area contributed by atoms with Gasteiger partial charge in [0.1, 0.15) is 5.60 Å². The minimum atomic E-state index is -1.68. The maximum atomic E-state index is 12.1. The number of hydrogen-bond acceptors (Lipinski definition) is 4. The predicted molar refractivity (Wildman–Crippen MR) is 72.9 cm³/mol. The van der Waals surface area contributed by atoms with Crippen molar-refractivity contribution in [3.8, 4) is 0 Å². The first kappa shape index (κ1) is 15.2. The van der Waals surface area contributed by atoms with E-state index >= 15 is 0 Å². The van der Waals surface area contributed by atoms with Crippen LogP contribution >= 0.6 is 27.3 Å². The quantitative estimate of drug-likeness (QED) is 0.681. The zero-order valence-electron chi connectivity index (χ0n) is 10.6. The molecular weight excluding hydrogens is 320 g/mol. The summed E-state index contributed by atoms with van der Waals surface area (Å²) in [6.45, 7) is 6.48. The molecule has 0 aliphatic carbocycles. The first-order valence-corrected chi connectivity index (χ1v) is 6.91. The van der Waals surface area contributed by atoms with Crippen molar-refractivity contribution in [1.29, 1.82) is 0 Å². The summed E-state index contributed by atoms with van der Waals surface area (Å²) in [5.74, 6) is -1.97. The van der Waals surface area contributed by atoms with E-state index in [2.05, 4.69) is 15.9 Å². The first-order chi connectivity index (χ1) is 8.07. The van der Waals surface area contributed by atoms with Gasteiger partial charge in [-0.15, -0.1) is 11.3 Å². The van der Waals surface area contributed by atoms with Gasteiger partial charge < -0.3 is 9.84 Å². The summed E-state index contributed by atoms with van der Waals surface area (Å²) in [6, 6.07) is 3.33. The molecule has 1 atom stereocenters. The standard InChI is InChI=1S/C12H15BrO4S/c1-11(2,3)17-10(16)12(4,9(14)15)7-5-6-8(13)18-7/h5-6H,1-4H3,(H,14,15)/t12-/m0/s1. The number of hydrogen-bond donors (Lipinski definition) is 1. The Hall–Kier alpha value is -0.880. The van der Waals surface area contributed by atoms with E-state index in [0.717, 1.165) is 3.79 Å². The van der Waals surface area contributed by atoms with Gasteiger partial charge in [0.25, 0.3) is 0 Å². The van der Waals surface area contributed by atoms with Crippen molar-refractivity contribution in [3.63, 3.8) is 0 Å². The summed E-state index contributed by atoms with van der Waals surface area (Å²) < 4.78 is 5.97. The lowest BCUT2D eigenvalue weighted by Crippen LogP contribution is -2.44. The molecule has 0 aromatic carbocycles. The molecule has 1 aromatic rings. The molecule has 0 saturated heterocycles. The third-order valence-electron chi connectivity index (χ3n) is 2.30. The molecule has 0 spiro atoms. The monoisotopic (exact) mass is 334 g/mol. The van der Waals surface area contributed by atoms with Gasteiger partial charge in [-0.05, 0) is 55.8 Å². The average molecular weight is 335 g/mol. The molecular formula is C12H15BrO4S. The fourth-order valence-corrected chi connectivity index (χ4v) is 2.77. The summed E-state index contributed by atoms with van der Waals surface area (Å²) in [6.07, 6.45) is 0. The van der Waals surface area contributed by atoms with Crippen LogP contribution < -0.4 is 0 Å².